The molecule has 0 spiro atoms. The lowest BCUT2D eigenvalue weighted by molar-refractivity contribution is 0.194. The van der Waals surface area contributed by atoms with Crippen LogP contribution in [0, 0.1) is 0 Å². The molecule has 1 aliphatic heterocycles. The number of nitrogens with zero attached hydrogens (tertiary/aromatic N) is 3. The Morgan fingerprint density at radius 2 is 1.96 bits per heavy atom. The van der Waals surface area contributed by atoms with Gasteiger partial charge in [-0.15, -0.1) is 0 Å². The Labute approximate surface area is 142 Å². The van der Waals surface area contributed by atoms with Gasteiger partial charge in [0.1, 0.15) is 11.6 Å². The Morgan fingerprint density at radius 1 is 1.25 bits per heavy atom. The van der Waals surface area contributed by atoms with Crippen molar-refractivity contribution >= 4 is 11.8 Å². The van der Waals surface area contributed by atoms with Crippen molar-refractivity contribution < 1.29 is 9.53 Å². The highest BCUT2D eigenvalue weighted by atomic mass is 16.5. The first kappa shape index (κ1) is 16.4. The fourth-order valence-electron chi connectivity index (χ4n) is 3.28. The Balaban J connectivity index is 1.80. The topological polar surface area (TPSA) is 59.4 Å². The maximum absolute atomic E-state index is 12.6. The van der Waals surface area contributed by atoms with Gasteiger partial charge in [0, 0.05) is 30.8 Å². The van der Waals surface area contributed by atoms with Gasteiger partial charge in [0.25, 0.3) is 0 Å². The number of ether oxygens (including phenoxy) is 1. The molecule has 6 heteroatoms. The van der Waals surface area contributed by atoms with Crippen molar-refractivity contribution in [3.63, 3.8) is 0 Å². The molecule has 1 saturated heterocycles. The molecule has 2 aromatic rings. The van der Waals surface area contributed by atoms with Gasteiger partial charge in [-0.3, -0.25) is 10.00 Å². The number of benzene rings is 1. The van der Waals surface area contributed by atoms with Crippen LogP contribution in [0.1, 0.15) is 26.7 Å². The number of anilines is 1. The molecule has 0 aliphatic carbocycles. The zero-order chi connectivity index (χ0) is 17.3. The summed E-state index contributed by atoms with van der Waals surface area (Å²) < 4.78 is 6.95. The van der Waals surface area contributed by atoms with Crippen molar-refractivity contribution in [3.8, 4) is 17.0 Å². The third-order valence-electron chi connectivity index (χ3n) is 4.67. The molecule has 3 rings (SSSR count). The Hall–Kier alpha value is -2.50. The Bertz CT molecular complexity index is 730. The molecule has 2 amide bonds. The van der Waals surface area contributed by atoms with Crippen molar-refractivity contribution in [2.24, 2.45) is 7.05 Å². The predicted molar refractivity (Wildman–Crippen MR) is 94.2 cm³/mol. The van der Waals surface area contributed by atoms with Crippen LogP contribution in [0.2, 0.25) is 0 Å². The van der Waals surface area contributed by atoms with E-state index in [0.717, 1.165) is 29.8 Å². The quantitative estimate of drug-likeness (QED) is 0.938. The van der Waals surface area contributed by atoms with E-state index in [-0.39, 0.29) is 18.1 Å². The zero-order valence-corrected chi connectivity index (χ0v) is 14.6. The SMILES string of the molecule is COc1cccc(-c2cc(NC(=O)N3[C@H](C)CC[C@H]3C)n(C)n2)c1. The molecule has 1 N–H and O–H groups in total. The van der Waals surface area contributed by atoms with Crippen LogP contribution in [0.15, 0.2) is 30.3 Å². The van der Waals surface area contributed by atoms with Gasteiger partial charge in [-0.1, -0.05) is 12.1 Å². The van der Waals surface area contributed by atoms with E-state index in [4.69, 9.17) is 4.74 Å². The molecule has 6 nitrogen and oxygen atoms in total. The number of methoxy groups -OCH3 is 1. The molecule has 1 aliphatic rings. The highest BCUT2D eigenvalue weighted by Gasteiger charge is 2.31. The van der Waals surface area contributed by atoms with Gasteiger partial charge in [-0.2, -0.15) is 5.10 Å². The summed E-state index contributed by atoms with van der Waals surface area (Å²) in [5.74, 6) is 1.47. The number of aromatic nitrogens is 2. The van der Waals surface area contributed by atoms with E-state index < -0.39 is 0 Å². The molecule has 1 aromatic heterocycles. The van der Waals surface area contributed by atoms with E-state index in [1.807, 2.05) is 42.3 Å². The zero-order valence-electron chi connectivity index (χ0n) is 14.6. The van der Waals surface area contributed by atoms with Gasteiger partial charge >= 0.3 is 6.03 Å². The van der Waals surface area contributed by atoms with Gasteiger partial charge in [0.2, 0.25) is 0 Å². The van der Waals surface area contributed by atoms with Crippen LogP contribution in [0.5, 0.6) is 5.75 Å². The van der Waals surface area contributed by atoms with Crippen LogP contribution in [-0.4, -0.2) is 39.9 Å². The molecule has 0 bridgehead atoms. The number of hydrogen-bond donors (Lipinski definition) is 1. The summed E-state index contributed by atoms with van der Waals surface area (Å²) in [6, 6.07) is 10.1. The smallest absolute Gasteiger partial charge is 0.323 e. The molecule has 1 aromatic carbocycles. The summed E-state index contributed by atoms with van der Waals surface area (Å²) in [6.45, 7) is 4.18. The highest BCUT2D eigenvalue weighted by Crippen LogP contribution is 2.27. The number of urea groups is 1. The minimum Gasteiger partial charge on any atom is -0.497 e. The second-order valence-corrected chi connectivity index (χ2v) is 6.38. The minimum absolute atomic E-state index is 0.0623. The van der Waals surface area contributed by atoms with E-state index in [0.29, 0.717) is 5.82 Å². The summed E-state index contributed by atoms with van der Waals surface area (Å²) in [7, 11) is 3.47. The summed E-state index contributed by atoms with van der Waals surface area (Å²) in [4.78, 5) is 14.5. The number of rotatable bonds is 3. The maximum atomic E-state index is 12.6. The first-order valence-electron chi connectivity index (χ1n) is 8.27. The van der Waals surface area contributed by atoms with E-state index in [2.05, 4.69) is 24.3 Å². The van der Waals surface area contributed by atoms with Crippen molar-refractivity contribution in [2.75, 3.05) is 12.4 Å². The molecule has 0 unspecified atom stereocenters. The van der Waals surface area contributed by atoms with Crippen LogP contribution in [-0.2, 0) is 7.05 Å². The van der Waals surface area contributed by atoms with Crippen molar-refractivity contribution in [1.82, 2.24) is 14.7 Å². The Kier molecular flexibility index (Phi) is 4.46. The third kappa shape index (κ3) is 3.09. The number of amides is 2. The maximum Gasteiger partial charge on any atom is 0.323 e. The largest absolute Gasteiger partial charge is 0.497 e. The standard InChI is InChI=1S/C18H24N4O2/c1-12-8-9-13(2)22(12)18(23)19-17-11-16(20-21(17)3)14-6-5-7-15(10-14)24-4/h5-7,10-13H,8-9H2,1-4H3,(H,19,23)/t12-,13-/m1/s1. The van der Waals surface area contributed by atoms with Gasteiger partial charge in [-0.25, -0.2) is 4.79 Å². The number of likely N-dealkylation sites (tertiary alicyclic amines) is 1. The second-order valence-electron chi connectivity index (χ2n) is 6.38. The van der Waals surface area contributed by atoms with Crippen LogP contribution in [0.4, 0.5) is 10.6 Å². The lowest BCUT2D eigenvalue weighted by Gasteiger charge is -2.26. The number of aryl methyl sites for hydroxylation is 1. The van der Waals surface area contributed by atoms with Crippen LogP contribution in [0.3, 0.4) is 0 Å². The van der Waals surface area contributed by atoms with Crippen molar-refractivity contribution in [3.05, 3.63) is 30.3 Å². The second kappa shape index (κ2) is 6.55. The molecule has 128 valence electrons. The number of carbonyl (C=O) groups excluding carboxylic acids is 1. The van der Waals surface area contributed by atoms with Gasteiger partial charge in [-0.05, 0) is 38.8 Å². The van der Waals surface area contributed by atoms with Crippen LogP contribution < -0.4 is 10.1 Å². The van der Waals surface area contributed by atoms with Crippen molar-refractivity contribution in [1.29, 1.82) is 0 Å². The molecule has 1 fully saturated rings. The molecular formula is C18H24N4O2. The lowest BCUT2D eigenvalue weighted by Crippen LogP contribution is -2.41. The monoisotopic (exact) mass is 328 g/mol. The average molecular weight is 328 g/mol. The molecule has 0 saturated carbocycles. The Morgan fingerprint density at radius 3 is 2.62 bits per heavy atom. The summed E-state index contributed by atoms with van der Waals surface area (Å²) in [5.41, 5.74) is 1.75. The van der Waals surface area contributed by atoms with E-state index >= 15 is 0 Å². The predicted octanol–water partition coefficient (Wildman–Crippen LogP) is 3.50. The molecule has 24 heavy (non-hydrogen) atoms. The molecule has 2 atom stereocenters. The average Bonchev–Trinajstić information content (AvgIpc) is 3.10. The number of carbonyl (C=O) groups is 1. The van der Waals surface area contributed by atoms with E-state index in [1.165, 1.54) is 0 Å². The summed E-state index contributed by atoms with van der Waals surface area (Å²) in [5, 5.41) is 7.49. The molecule has 0 radical (unpaired) electrons. The van der Waals surface area contributed by atoms with Gasteiger partial charge in [0.05, 0.1) is 12.8 Å². The summed E-state index contributed by atoms with van der Waals surface area (Å²) in [6.07, 6.45) is 2.10. The number of nitrogens with one attached hydrogen (secondary N) is 1. The van der Waals surface area contributed by atoms with Crippen LogP contribution >= 0.6 is 0 Å². The fraction of sp³-hybridized carbons (Fsp3) is 0.444. The normalized spacial score (nSPS) is 20.2. The van der Waals surface area contributed by atoms with Crippen LogP contribution in [0.25, 0.3) is 11.3 Å². The summed E-state index contributed by atoms with van der Waals surface area (Å²) >= 11 is 0. The first-order chi connectivity index (χ1) is 11.5. The molecule has 2 heterocycles. The fourth-order valence-corrected chi connectivity index (χ4v) is 3.28. The third-order valence-corrected chi connectivity index (χ3v) is 4.67. The van der Waals surface area contributed by atoms with Crippen molar-refractivity contribution in [2.45, 2.75) is 38.8 Å². The van der Waals surface area contributed by atoms with E-state index in [1.54, 1.807) is 11.8 Å². The lowest BCUT2D eigenvalue weighted by atomic mass is 10.1. The van der Waals surface area contributed by atoms with E-state index in [9.17, 15) is 4.79 Å². The van der Waals surface area contributed by atoms with Gasteiger partial charge in [0.15, 0.2) is 0 Å². The van der Waals surface area contributed by atoms with Gasteiger partial charge < -0.3 is 9.64 Å². The number of hydrogen-bond acceptors (Lipinski definition) is 3. The highest BCUT2D eigenvalue weighted by molar-refractivity contribution is 5.89. The first-order valence-corrected chi connectivity index (χ1v) is 8.27. The molecular weight excluding hydrogens is 304 g/mol. The minimum atomic E-state index is -0.0623.